The van der Waals surface area contributed by atoms with Gasteiger partial charge in [-0.05, 0) is 78.9 Å². The van der Waals surface area contributed by atoms with Crippen LogP contribution in [0.15, 0.2) is 97.1 Å². The van der Waals surface area contributed by atoms with Gasteiger partial charge in [0.2, 0.25) is 0 Å². The van der Waals surface area contributed by atoms with Crippen molar-refractivity contribution < 1.29 is 0 Å². The number of nitrogens with one attached hydrogen (secondary N) is 2. The van der Waals surface area contributed by atoms with Gasteiger partial charge in [-0.15, -0.1) is 0 Å². The molecule has 0 saturated carbocycles. The smallest absolute Gasteiger partial charge is 0.0370 e. The first kappa shape index (κ1) is 27.7. The molecule has 4 aromatic carbocycles. The van der Waals surface area contributed by atoms with Gasteiger partial charge in [0.25, 0.3) is 0 Å². The van der Waals surface area contributed by atoms with Crippen LogP contribution in [0.3, 0.4) is 0 Å². The van der Waals surface area contributed by atoms with E-state index in [2.05, 4.69) is 160 Å². The van der Waals surface area contributed by atoms with Crippen molar-refractivity contribution in [3.05, 3.63) is 119 Å². The van der Waals surface area contributed by atoms with Gasteiger partial charge in [0.1, 0.15) is 0 Å². The lowest BCUT2D eigenvalue weighted by molar-refractivity contribution is 1.07. The normalized spacial score (nSPS) is 10.2. The highest BCUT2D eigenvalue weighted by Gasteiger charge is 2.00. The van der Waals surface area contributed by atoms with E-state index in [1.54, 1.807) is 0 Å². The van der Waals surface area contributed by atoms with Crippen molar-refractivity contribution in [1.29, 1.82) is 0 Å². The Hall–Kier alpha value is -3.92. The summed E-state index contributed by atoms with van der Waals surface area (Å²) in [6.45, 7) is 6.08. The minimum atomic E-state index is 0.916. The first-order chi connectivity index (χ1) is 17.8. The molecule has 37 heavy (non-hydrogen) atoms. The molecule has 2 N–H and O–H groups in total. The van der Waals surface area contributed by atoms with Crippen LogP contribution in [0.2, 0.25) is 0 Å². The third-order valence-corrected chi connectivity index (χ3v) is 6.36. The van der Waals surface area contributed by atoms with Crippen molar-refractivity contribution in [1.82, 2.24) is 0 Å². The van der Waals surface area contributed by atoms with E-state index >= 15 is 0 Å². The van der Waals surface area contributed by atoms with Crippen molar-refractivity contribution in [2.75, 3.05) is 61.7 Å². The highest BCUT2D eigenvalue weighted by molar-refractivity contribution is 5.52. The molecule has 0 aliphatic carbocycles. The Balaban J connectivity index is 0.000000206. The van der Waals surface area contributed by atoms with Crippen LogP contribution in [0.4, 0.5) is 22.7 Å². The van der Waals surface area contributed by atoms with E-state index in [9.17, 15) is 0 Å². The second-order valence-electron chi connectivity index (χ2n) is 9.78. The van der Waals surface area contributed by atoms with Gasteiger partial charge < -0.3 is 20.4 Å². The lowest BCUT2D eigenvalue weighted by atomic mass is 10.0. The van der Waals surface area contributed by atoms with E-state index in [0.29, 0.717) is 0 Å². The number of hydrogen-bond acceptors (Lipinski definition) is 4. The minimum Gasteiger partial charge on any atom is -0.383 e. The molecule has 4 heteroatoms. The Morgan fingerprint density at radius 1 is 0.486 bits per heavy atom. The third-order valence-electron chi connectivity index (χ3n) is 6.36. The van der Waals surface area contributed by atoms with Crippen molar-refractivity contribution in [3.8, 4) is 0 Å². The number of benzene rings is 4. The molecule has 0 atom stereocenters. The molecule has 0 amide bonds. The molecule has 0 aliphatic heterocycles. The average molecular weight is 495 g/mol. The maximum atomic E-state index is 3.44. The number of para-hydroxylation sites is 2. The third kappa shape index (κ3) is 8.91. The summed E-state index contributed by atoms with van der Waals surface area (Å²) in [4.78, 5) is 4.24. The van der Waals surface area contributed by atoms with Crippen LogP contribution < -0.4 is 20.4 Å². The summed E-state index contributed by atoms with van der Waals surface area (Å²) >= 11 is 0. The summed E-state index contributed by atoms with van der Waals surface area (Å²) in [5.41, 5.74) is 10.2. The van der Waals surface area contributed by atoms with E-state index < -0.39 is 0 Å². The Morgan fingerprint density at radius 3 is 1.16 bits per heavy atom. The number of nitrogens with zero attached hydrogens (tertiary/aromatic N) is 2. The fourth-order valence-corrected chi connectivity index (χ4v) is 4.00. The summed E-state index contributed by atoms with van der Waals surface area (Å²) in [6.07, 6.45) is 0.988. The molecule has 0 aromatic heterocycles. The number of anilines is 4. The van der Waals surface area contributed by atoms with Crippen molar-refractivity contribution >= 4 is 22.7 Å². The standard InChI is InChI=1S/C17H22N2.C16H20N2/c1-18(2)16-9-5-14(6-10-16)13-15-7-11-17(12-8-15)19(3)4;1-13-7-3-5-9-15(13)17-11-12-18-16-10-6-4-8-14(16)2/h5-12H,13H2,1-4H3;3-10,17-18H,11-12H2,1-2H3. The van der Waals surface area contributed by atoms with Crippen LogP contribution in [0, 0.1) is 13.8 Å². The molecule has 0 bridgehead atoms. The molecule has 0 unspecified atom stereocenters. The summed E-state index contributed by atoms with van der Waals surface area (Å²) in [5.74, 6) is 0. The molecule has 0 radical (unpaired) electrons. The highest BCUT2D eigenvalue weighted by atomic mass is 15.1. The van der Waals surface area contributed by atoms with Gasteiger partial charge in [-0.25, -0.2) is 0 Å². The Morgan fingerprint density at radius 2 is 0.838 bits per heavy atom. The van der Waals surface area contributed by atoms with Gasteiger partial charge in [-0.2, -0.15) is 0 Å². The molecule has 4 nitrogen and oxygen atoms in total. The van der Waals surface area contributed by atoms with Crippen LogP contribution in [-0.4, -0.2) is 41.3 Å². The SMILES string of the molecule is CN(C)c1ccc(Cc2ccc(N(C)C)cc2)cc1.Cc1ccccc1NCCNc1ccccc1C. The molecule has 0 spiro atoms. The number of hydrogen-bond donors (Lipinski definition) is 2. The molecular formula is C33H42N4. The topological polar surface area (TPSA) is 30.5 Å². The van der Waals surface area contributed by atoms with Crippen LogP contribution >= 0.6 is 0 Å². The zero-order chi connectivity index (χ0) is 26.6. The monoisotopic (exact) mass is 494 g/mol. The van der Waals surface area contributed by atoms with Gasteiger partial charge in [-0.3, -0.25) is 0 Å². The predicted molar refractivity (Wildman–Crippen MR) is 164 cm³/mol. The predicted octanol–water partition coefficient (Wildman–Crippen LogP) is 7.24. The van der Waals surface area contributed by atoms with Gasteiger partial charge in [0.15, 0.2) is 0 Å². The summed E-state index contributed by atoms with van der Waals surface area (Å²) < 4.78 is 0. The largest absolute Gasteiger partial charge is 0.383 e. The highest BCUT2D eigenvalue weighted by Crippen LogP contribution is 2.18. The summed E-state index contributed by atoms with van der Waals surface area (Å²) in [6, 6.07) is 34.2. The molecular weight excluding hydrogens is 452 g/mol. The lowest BCUT2D eigenvalue weighted by Crippen LogP contribution is -2.14. The minimum absolute atomic E-state index is 0.916. The first-order valence-electron chi connectivity index (χ1n) is 12.9. The number of aryl methyl sites for hydroxylation is 2. The van der Waals surface area contributed by atoms with Crippen LogP contribution in [0.5, 0.6) is 0 Å². The summed E-state index contributed by atoms with van der Waals surface area (Å²) in [7, 11) is 8.26. The molecule has 4 aromatic rings. The quantitative estimate of drug-likeness (QED) is 0.240. The molecule has 0 fully saturated rings. The van der Waals surface area contributed by atoms with Gasteiger partial charge in [0.05, 0.1) is 0 Å². The zero-order valence-electron chi connectivity index (χ0n) is 23.3. The van der Waals surface area contributed by atoms with Crippen LogP contribution in [0.25, 0.3) is 0 Å². The fourth-order valence-electron chi connectivity index (χ4n) is 4.00. The summed E-state index contributed by atoms with van der Waals surface area (Å²) in [5, 5.41) is 6.88. The van der Waals surface area contributed by atoms with Crippen LogP contribution in [-0.2, 0) is 6.42 Å². The van der Waals surface area contributed by atoms with E-state index in [1.165, 1.54) is 45.0 Å². The fraction of sp³-hybridized carbons (Fsp3) is 0.273. The maximum Gasteiger partial charge on any atom is 0.0370 e. The van der Waals surface area contributed by atoms with E-state index in [0.717, 1.165) is 19.5 Å². The van der Waals surface area contributed by atoms with Gasteiger partial charge in [-0.1, -0.05) is 60.7 Å². The Labute approximate surface area is 224 Å². The maximum absolute atomic E-state index is 3.44. The van der Waals surface area contributed by atoms with E-state index in [-0.39, 0.29) is 0 Å². The molecule has 0 saturated heterocycles. The van der Waals surface area contributed by atoms with Gasteiger partial charge in [0, 0.05) is 64.0 Å². The average Bonchev–Trinajstić information content (AvgIpc) is 2.89. The molecule has 194 valence electrons. The lowest BCUT2D eigenvalue weighted by Gasteiger charge is -2.14. The van der Waals surface area contributed by atoms with Crippen LogP contribution in [0.1, 0.15) is 22.3 Å². The number of rotatable bonds is 9. The molecule has 0 aliphatic rings. The van der Waals surface area contributed by atoms with Crippen molar-refractivity contribution in [3.63, 3.8) is 0 Å². The Bertz CT molecular complexity index is 1110. The van der Waals surface area contributed by atoms with Gasteiger partial charge >= 0.3 is 0 Å². The first-order valence-corrected chi connectivity index (χ1v) is 12.9. The Kier molecular flexibility index (Phi) is 10.5. The van der Waals surface area contributed by atoms with Crippen molar-refractivity contribution in [2.45, 2.75) is 20.3 Å². The van der Waals surface area contributed by atoms with Crippen molar-refractivity contribution in [2.24, 2.45) is 0 Å². The van der Waals surface area contributed by atoms with E-state index in [1.807, 2.05) is 0 Å². The second-order valence-corrected chi connectivity index (χ2v) is 9.78. The van der Waals surface area contributed by atoms with E-state index in [4.69, 9.17) is 0 Å². The second kappa shape index (κ2) is 14.0. The molecule has 0 heterocycles. The molecule has 4 rings (SSSR count). The zero-order valence-corrected chi connectivity index (χ0v) is 23.3.